The third-order valence-corrected chi connectivity index (χ3v) is 7.97. The van der Waals surface area contributed by atoms with E-state index < -0.39 is 15.7 Å². The second-order valence-corrected chi connectivity index (χ2v) is 11.5. The molecule has 7 nitrogen and oxygen atoms in total. The highest BCUT2D eigenvalue weighted by Crippen LogP contribution is 2.31. The highest BCUT2D eigenvalue weighted by molar-refractivity contribution is 7.90. The van der Waals surface area contributed by atoms with Gasteiger partial charge in [0.05, 0.1) is 28.9 Å². The Labute approximate surface area is 199 Å². The molecule has 180 valence electrons. The van der Waals surface area contributed by atoms with Crippen LogP contribution in [-0.2, 0) is 9.84 Å². The van der Waals surface area contributed by atoms with Gasteiger partial charge in [0.15, 0.2) is 21.4 Å². The van der Waals surface area contributed by atoms with Gasteiger partial charge in [-0.05, 0) is 56.7 Å². The number of nitrogens with zero attached hydrogens (tertiary/aromatic N) is 4. The van der Waals surface area contributed by atoms with Crippen molar-refractivity contribution < 1.29 is 17.5 Å². The molecule has 2 aliphatic rings. The van der Waals surface area contributed by atoms with E-state index in [9.17, 15) is 12.8 Å². The van der Waals surface area contributed by atoms with Gasteiger partial charge >= 0.3 is 0 Å². The molecule has 1 saturated carbocycles. The summed E-state index contributed by atoms with van der Waals surface area (Å²) in [5.74, 6) is 0.569. The third-order valence-electron chi connectivity index (χ3n) is 6.66. The minimum atomic E-state index is -3.44. The standard InChI is InChI=1S/C23H30ClFN4O3S/c1-16-14-28(23-26-12-18(24)13-27-23)9-10-29(16)19-5-3-17(4-6-19)15-32-22-8-7-20(11-21(22)25)33(2,30)31/h7-8,11-13,16-17,19H,3-6,9-10,14-15H2,1-2H3/t16-,17?,19?/m0/s1. The zero-order chi connectivity index (χ0) is 23.6. The highest BCUT2D eigenvalue weighted by Gasteiger charge is 2.33. The van der Waals surface area contributed by atoms with Crippen LogP contribution in [0, 0.1) is 11.7 Å². The second kappa shape index (κ2) is 10.1. The molecule has 1 atom stereocenters. The fourth-order valence-corrected chi connectivity index (χ4v) is 5.57. The Morgan fingerprint density at radius 3 is 2.45 bits per heavy atom. The number of sulfone groups is 1. The Balaban J connectivity index is 1.25. The minimum absolute atomic E-state index is 0.0373. The molecular formula is C23H30ClFN4O3S. The molecule has 1 aromatic heterocycles. The second-order valence-electron chi connectivity index (χ2n) is 9.08. The molecule has 0 bridgehead atoms. The summed E-state index contributed by atoms with van der Waals surface area (Å²) in [6, 6.07) is 4.76. The summed E-state index contributed by atoms with van der Waals surface area (Å²) in [4.78, 5) is 13.5. The first-order valence-electron chi connectivity index (χ1n) is 11.3. The Kier molecular flexibility index (Phi) is 7.40. The maximum atomic E-state index is 14.2. The van der Waals surface area contributed by atoms with E-state index in [-0.39, 0.29) is 10.6 Å². The summed E-state index contributed by atoms with van der Waals surface area (Å²) in [5, 5.41) is 0.542. The topological polar surface area (TPSA) is 75.6 Å². The van der Waals surface area contributed by atoms with Crippen LogP contribution in [0.1, 0.15) is 32.6 Å². The van der Waals surface area contributed by atoms with E-state index in [1.807, 2.05) is 0 Å². The Morgan fingerprint density at radius 1 is 1.15 bits per heavy atom. The SMILES string of the molecule is C[C@H]1CN(c2ncc(Cl)cn2)CCN1C1CCC(COc2ccc(S(C)(=O)=O)cc2F)CC1. The highest BCUT2D eigenvalue weighted by atomic mass is 35.5. The predicted molar refractivity (Wildman–Crippen MR) is 126 cm³/mol. The van der Waals surface area contributed by atoms with Crippen LogP contribution >= 0.6 is 11.6 Å². The van der Waals surface area contributed by atoms with Crippen molar-refractivity contribution in [3.63, 3.8) is 0 Å². The quantitative estimate of drug-likeness (QED) is 0.601. The van der Waals surface area contributed by atoms with Crippen LogP contribution in [0.25, 0.3) is 0 Å². The molecule has 2 heterocycles. The molecule has 2 aromatic rings. The van der Waals surface area contributed by atoms with Crippen molar-refractivity contribution >= 4 is 27.4 Å². The number of aromatic nitrogens is 2. The van der Waals surface area contributed by atoms with Crippen molar-refractivity contribution in [2.24, 2.45) is 5.92 Å². The normalized spacial score (nSPS) is 24.6. The van der Waals surface area contributed by atoms with Crippen LogP contribution < -0.4 is 9.64 Å². The van der Waals surface area contributed by atoms with E-state index in [2.05, 4.69) is 26.7 Å². The molecule has 1 saturated heterocycles. The molecule has 0 radical (unpaired) electrons. The predicted octanol–water partition coefficient (Wildman–Crippen LogP) is 3.82. The minimum Gasteiger partial charge on any atom is -0.490 e. The van der Waals surface area contributed by atoms with E-state index in [0.717, 1.165) is 63.6 Å². The smallest absolute Gasteiger partial charge is 0.225 e. The van der Waals surface area contributed by atoms with Gasteiger partial charge in [-0.1, -0.05) is 11.6 Å². The number of rotatable bonds is 6. The molecule has 4 rings (SSSR count). The Hall–Kier alpha value is -1.97. The fourth-order valence-electron chi connectivity index (χ4n) is 4.84. The first-order valence-corrected chi connectivity index (χ1v) is 13.6. The van der Waals surface area contributed by atoms with Crippen molar-refractivity contribution in [1.82, 2.24) is 14.9 Å². The number of hydrogen-bond donors (Lipinski definition) is 0. The van der Waals surface area contributed by atoms with Gasteiger partial charge < -0.3 is 9.64 Å². The Morgan fingerprint density at radius 2 is 1.85 bits per heavy atom. The number of piperazine rings is 1. The van der Waals surface area contributed by atoms with Gasteiger partial charge in [-0.25, -0.2) is 22.8 Å². The summed E-state index contributed by atoms with van der Waals surface area (Å²) in [6.45, 7) is 5.43. The van der Waals surface area contributed by atoms with Crippen LogP contribution in [0.4, 0.5) is 10.3 Å². The number of anilines is 1. The number of benzene rings is 1. The summed E-state index contributed by atoms with van der Waals surface area (Å²) < 4.78 is 43.1. The van der Waals surface area contributed by atoms with Crippen LogP contribution in [0.3, 0.4) is 0 Å². The summed E-state index contributed by atoms with van der Waals surface area (Å²) in [5.41, 5.74) is 0. The zero-order valence-electron chi connectivity index (χ0n) is 19.0. The maximum Gasteiger partial charge on any atom is 0.225 e. The van der Waals surface area contributed by atoms with Crippen molar-refractivity contribution in [2.75, 3.05) is 37.4 Å². The fraction of sp³-hybridized carbons (Fsp3) is 0.565. The molecule has 0 unspecified atom stereocenters. The third kappa shape index (κ3) is 5.94. The summed E-state index contributed by atoms with van der Waals surface area (Å²) in [7, 11) is -3.44. The molecule has 33 heavy (non-hydrogen) atoms. The van der Waals surface area contributed by atoms with Crippen molar-refractivity contribution in [3.8, 4) is 5.75 Å². The van der Waals surface area contributed by atoms with Gasteiger partial charge in [-0.2, -0.15) is 0 Å². The monoisotopic (exact) mass is 496 g/mol. The molecule has 0 N–H and O–H groups in total. The van der Waals surface area contributed by atoms with Crippen LogP contribution in [0.2, 0.25) is 5.02 Å². The van der Waals surface area contributed by atoms with Crippen molar-refractivity contribution in [1.29, 1.82) is 0 Å². The Bertz CT molecular complexity index is 1060. The lowest BCUT2D eigenvalue weighted by Gasteiger charge is -2.46. The lowest BCUT2D eigenvalue weighted by molar-refractivity contribution is 0.0773. The number of halogens is 2. The van der Waals surface area contributed by atoms with Gasteiger partial charge in [0.1, 0.15) is 0 Å². The lowest BCUT2D eigenvalue weighted by Crippen LogP contribution is -2.56. The first kappa shape index (κ1) is 24.2. The van der Waals surface area contributed by atoms with Gasteiger partial charge in [0.2, 0.25) is 5.95 Å². The molecule has 2 fully saturated rings. The van der Waals surface area contributed by atoms with Crippen LogP contribution in [0.5, 0.6) is 5.75 Å². The van der Waals surface area contributed by atoms with E-state index in [0.29, 0.717) is 29.6 Å². The van der Waals surface area contributed by atoms with E-state index in [1.165, 1.54) is 12.1 Å². The van der Waals surface area contributed by atoms with E-state index in [1.54, 1.807) is 12.4 Å². The average molecular weight is 497 g/mol. The number of hydrogen-bond acceptors (Lipinski definition) is 7. The van der Waals surface area contributed by atoms with E-state index in [4.69, 9.17) is 16.3 Å². The molecular weight excluding hydrogens is 467 g/mol. The van der Waals surface area contributed by atoms with Gasteiger partial charge in [-0.15, -0.1) is 0 Å². The summed E-state index contributed by atoms with van der Waals surface area (Å²) in [6.07, 6.45) is 8.57. The first-order chi connectivity index (χ1) is 15.7. The molecule has 1 aliphatic heterocycles. The van der Waals surface area contributed by atoms with Crippen molar-refractivity contribution in [2.45, 2.75) is 49.6 Å². The van der Waals surface area contributed by atoms with Gasteiger partial charge in [0, 0.05) is 38.0 Å². The molecule has 1 aromatic carbocycles. The lowest BCUT2D eigenvalue weighted by atomic mass is 9.85. The molecule has 10 heteroatoms. The van der Waals surface area contributed by atoms with Crippen LogP contribution in [0.15, 0.2) is 35.5 Å². The largest absolute Gasteiger partial charge is 0.490 e. The number of ether oxygens (including phenoxy) is 1. The average Bonchev–Trinajstić information content (AvgIpc) is 2.78. The van der Waals surface area contributed by atoms with Gasteiger partial charge in [-0.3, -0.25) is 4.90 Å². The zero-order valence-corrected chi connectivity index (χ0v) is 20.5. The van der Waals surface area contributed by atoms with Crippen LogP contribution in [-0.4, -0.2) is 67.9 Å². The molecule has 0 spiro atoms. The van der Waals surface area contributed by atoms with Gasteiger partial charge in [0.25, 0.3) is 0 Å². The van der Waals surface area contributed by atoms with E-state index >= 15 is 0 Å². The molecule has 1 aliphatic carbocycles. The molecule has 0 amide bonds. The van der Waals surface area contributed by atoms with Crippen molar-refractivity contribution in [3.05, 3.63) is 41.4 Å². The maximum absolute atomic E-state index is 14.2. The summed E-state index contributed by atoms with van der Waals surface area (Å²) >= 11 is 5.90.